The van der Waals surface area contributed by atoms with Crippen LogP contribution in [0.5, 0.6) is 0 Å². The van der Waals surface area contributed by atoms with Gasteiger partial charge in [-0.25, -0.2) is 0 Å². The highest BCUT2D eigenvalue weighted by molar-refractivity contribution is 9.11. The predicted octanol–water partition coefficient (Wildman–Crippen LogP) is 6.13. The molecule has 0 amide bonds. The Bertz CT molecular complexity index is 764. The smallest absolute Gasteiger partial charge is 0.0567 e. The summed E-state index contributed by atoms with van der Waals surface area (Å²) < 4.78 is 3.26. The molecule has 20 heavy (non-hydrogen) atoms. The molecule has 0 bridgehead atoms. The lowest BCUT2D eigenvalue weighted by Gasteiger charge is -2.13. The molecule has 0 saturated heterocycles. The molecular weight excluding hydrogens is 422 g/mol. The summed E-state index contributed by atoms with van der Waals surface area (Å²) >= 11 is 14.8. The Balaban J connectivity index is 2.13. The van der Waals surface area contributed by atoms with Crippen molar-refractivity contribution in [3.05, 3.63) is 66.9 Å². The summed E-state index contributed by atoms with van der Waals surface area (Å²) in [6, 6.07) is 11.8. The van der Waals surface area contributed by atoms with Crippen molar-refractivity contribution in [1.29, 1.82) is 0 Å². The summed E-state index contributed by atoms with van der Waals surface area (Å²) in [5.74, 6) is 0. The maximum Gasteiger partial charge on any atom is 0.0567 e. The van der Waals surface area contributed by atoms with E-state index < -0.39 is 0 Å². The standard InChI is InChI=1S/C15H10Br2ClNS/c16-9-4-8(5-10(18)6-9)14(19)12-7-20-15-11(12)2-1-3-13(15)17/h1-7,14H,19H2. The minimum atomic E-state index is -0.187. The van der Waals surface area contributed by atoms with Gasteiger partial charge in [-0.15, -0.1) is 11.3 Å². The van der Waals surface area contributed by atoms with Gasteiger partial charge in [-0.2, -0.15) is 0 Å². The zero-order valence-corrected chi connectivity index (χ0v) is 15.0. The van der Waals surface area contributed by atoms with E-state index in [1.165, 1.54) is 10.1 Å². The molecule has 3 aromatic rings. The summed E-state index contributed by atoms with van der Waals surface area (Å²) in [7, 11) is 0. The molecule has 2 N–H and O–H groups in total. The van der Waals surface area contributed by atoms with Crippen LogP contribution in [0.2, 0.25) is 5.02 Å². The van der Waals surface area contributed by atoms with Gasteiger partial charge in [-0.3, -0.25) is 0 Å². The van der Waals surface area contributed by atoms with Crippen LogP contribution in [-0.2, 0) is 0 Å². The molecule has 2 aromatic carbocycles. The number of halogens is 3. The third-order valence-electron chi connectivity index (χ3n) is 3.16. The van der Waals surface area contributed by atoms with Gasteiger partial charge in [-0.05, 0) is 62.1 Å². The molecule has 0 aliphatic rings. The van der Waals surface area contributed by atoms with Gasteiger partial charge in [-0.1, -0.05) is 39.7 Å². The minimum absolute atomic E-state index is 0.187. The van der Waals surface area contributed by atoms with Crippen molar-refractivity contribution in [3.8, 4) is 0 Å². The molecular formula is C15H10Br2ClNS. The number of thiophene rings is 1. The molecule has 0 saturated carbocycles. The van der Waals surface area contributed by atoms with Crippen molar-refractivity contribution in [1.82, 2.24) is 0 Å². The molecule has 0 spiro atoms. The zero-order chi connectivity index (χ0) is 14.3. The first-order valence-corrected chi connectivity index (χ1v) is 8.78. The maximum absolute atomic E-state index is 6.43. The monoisotopic (exact) mass is 429 g/mol. The molecule has 3 rings (SSSR count). The molecule has 1 heterocycles. The van der Waals surface area contributed by atoms with Crippen molar-refractivity contribution in [3.63, 3.8) is 0 Å². The first-order chi connectivity index (χ1) is 9.56. The number of benzene rings is 2. The lowest BCUT2D eigenvalue weighted by Crippen LogP contribution is -2.11. The first-order valence-electron chi connectivity index (χ1n) is 5.93. The van der Waals surface area contributed by atoms with E-state index in [9.17, 15) is 0 Å². The average molecular weight is 432 g/mol. The van der Waals surface area contributed by atoms with Crippen LogP contribution in [0.4, 0.5) is 0 Å². The van der Waals surface area contributed by atoms with Crippen LogP contribution >= 0.6 is 54.8 Å². The number of rotatable bonds is 2. The quantitative estimate of drug-likeness (QED) is 0.519. The number of hydrogen-bond acceptors (Lipinski definition) is 2. The molecule has 5 heteroatoms. The van der Waals surface area contributed by atoms with Crippen LogP contribution in [0.15, 0.2) is 50.7 Å². The second-order valence-electron chi connectivity index (χ2n) is 4.49. The first kappa shape index (κ1) is 14.5. The molecule has 1 atom stereocenters. The van der Waals surface area contributed by atoms with Crippen LogP contribution in [-0.4, -0.2) is 0 Å². The van der Waals surface area contributed by atoms with Gasteiger partial charge in [0.25, 0.3) is 0 Å². The molecule has 0 aliphatic heterocycles. The number of nitrogens with two attached hydrogens (primary N) is 1. The lowest BCUT2D eigenvalue weighted by molar-refractivity contribution is 0.884. The van der Waals surface area contributed by atoms with Crippen molar-refractivity contribution < 1.29 is 0 Å². The summed E-state index contributed by atoms with van der Waals surface area (Å²) in [6.45, 7) is 0. The van der Waals surface area contributed by atoms with Crippen LogP contribution in [0.3, 0.4) is 0 Å². The Hall–Kier alpha value is -0.390. The molecule has 1 aromatic heterocycles. The SMILES string of the molecule is NC(c1cc(Cl)cc(Br)c1)c1csc2c(Br)cccc12. The van der Waals surface area contributed by atoms with Gasteiger partial charge in [0.2, 0.25) is 0 Å². The predicted molar refractivity (Wildman–Crippen MR) is 94.7 cm³/mol. The average Bonchev–Trinajstić information content (AvgIpc) is 2.82. The number of hydrogen-bond donors (Lipinski definition) is 1. The molecule has 0 aliphatic carbocycles. The third-order valence-corrected chi connectivity index (χ3v) is 5.81. The Morgan fingerprint density at radius 3 is 2.70 bits per heavy atom. The largest absolute Gasteiger partial charge is 0.320 e. The highest BCUT2D eigenvalue weighted by Crippen LogP contribution is 2.37. The number of fused-ring (bicyclic) bond motifs is 1. The van der Waals surface area contributed by atoms with Gasteiger partial charge in [0.1, 0.15) is 0 Å². The van der Waals surface area contributed by atoms with Gasteiger partial charge < -0.3 is 5.73 Å². The lowest BCUT2D eigenvalue weighted by atomic mass is 9.99. The summed E-state index contributed by atoms with van der Waals surface area (Å²) in [5.41, 5.74) is 8.56. The summed E-state index contributed by atoms with van der Waals surface area (Å²) in [6.07, 6.45) is 0. The Morgan fingerprint density at radius 1 is 1.15 bits per heavy atom. The van der Waals surface area contributed by atoms with Crippen molar-refractivity contribution in [2.24, 2.45) is 5.73 Å². The zero-order valence-electron chi connectivity index (χ0n) is 10.2. The van der Waals surface area contributed by atoms with E-state index in [2.05, 4.69) is 43.3 Å². The second kappa shape index (κ2) is 5.78. The van der Waals surface area contributed by atoms with Gasteiger partial charge in [0, 0.05) is 18.7 Å². The van der Waals surface area contributed by atoms with Crippen LogP contribution < -0.4 is 5.73 Å². The highest BCUT2D eigenvalue weighted by atomic mass is 79.9. The van der Waals surface area contributed by atoms with Gasteiger partial charge >= 0.3 is 0 Å². The van der Waals surface area contributed by atoms with E-state index in [4.69, 9.17) is 17.3 Å². The van der Waals surface area contributed by atoms with Gasteiger partial charge in [0.05, 0.1) is 6.04 Å². The second-order valence-corrected chi connectivity index (χ2v) is 7.57. The van der Waals surface area contributed by atoms with Gasteiger partial charge in [0.15, 0.2) is 0 Å². The fourth-order valence-corrected chi connectivity index (χ4v) is 4.76. The molecule has 102 valence electrons. The fourth-order valence-electron chi connectivity index (χ4n) is 2.22. The van der Waals surface area contributed by atoms with E-state index in [0.29, 0.717) is 5.02 Å². The van der Waals surface area contributed by atoms with Crippen LogP contribution in [0.25, 0.3) is 10.1 Å². The summed E-state index contributed by atoms with van der Waals surface area (Å²) in [5, 5.41) is 3.99. The van der Waals surface area contributed by atoms with E-state index in [1.54, 1.807) is 11.3 Å². The van der Waals surface area contributed by atoms with E-state index in [-0.39, 0.29) is 6.04 Å². The summed E-state index contributed by atoms with van der Waals surface area (Å²) in [4.78, 5) is 0. The Labute approximate surface area is 143 Å². The van der Waals surface area contributed by atoms with E-state index in [0.717, 1.165) is 20.1 Å². The van der Waals surface area contributed by atoms with E-state index in [1.807, 2.05) is 30.3 Å². The molecule has 0 radical (unpaired) electrons. The van der Waals surface area contributed by atoms with Crippen LogP contribution in [0.1, 0.15) is 17.2 Å². The fraction of sp³-hybridized carbons (Fsp3) is 0.0667. The Kier molecular flexibility index (Phi) is 4.20. The Morgan fingerprint density at radius 2 is 1.95 bits per heavy atom. The van der Waals surface area contributed by atoms with Crippen molar-refractivity contribution >= 4 is 64.9 Å². The highest BCUT2D eigenvalue weighted by Gasteiger charge is 2.16. The van der Waals surface area contributed by atoms with Crippen molar-refractivity contribution in [2.45, 2.75) is 6.04 Å². The van der Waals surface area contributed by atoms with Crippen LogP contribution in [0, 0.1) is 0 Å². The van der Waals surface area contributed by atoms with Crippen molar-refractivity contribution in [2.75, 3.05) is 0 Å². The third kappa shape index (κ3) is 2.68. The topological polar surface area (TPSA) is 26.0 Å². The molecule has 1 nitrogen and oxygen atoms in total. The molecule has 1 unspecified atom stereocenters. The normalized spacial score (nSPS) is 12.8. The maximum atomic E-state index is 6.43. The minimum Gasteiger partial charge on any atom is -0.320 e. The van der Waals surface area contributed by atoms with E-state index >= 15 is 0 Å². The molecule has 0 fully saturated rings.